The van der Waals surface area contributed by atoms with E-state index >= 15 is 0 Å². The Balaban J connectivity index is 2.15. The maximum absolute atomic E-state index is 12.7. The van der Waals surface area contributed by atoms with Crippen molar-refractivity contribution in [2.24, 2.45) is 5.92 Å². The van der Waals surface area contributed by atoms with Crippen LogP contribution in [0.5, 0.6) is 5.75 Å². The topological polar surface area (TPSA) is 66.8 Å². The van der Waals surface area contributed by atoms with Crippen molar-refractivity contribution in [1.82, 2.24) is 4.31 Å². The lowest BCUT2D eigenvalue weighted by Gasteiger charge is -2.33. The molecule has 0 amide bonds. The van der Waals surface area contributed by atoms with Crippen LogP contribution < -0.4 is 4.74 Å². The molecule has 1 N–H and O–H groups in total. The predicted molar refractivity (Wildman–Crippen MR) is 85.4 cm³/mol. The summed E-state index contributed by atoms with van der Waals surface area (Å²) in [7, 11) is -3.55. The largest absolute Gasteiger partial charge is 0.493 e. The molecular formula is C16H25NO4S. The van der Waals surface area contributed by atoms with Crippen LogP contribution in [0.1, 0.15) is 33.1 Å². The summed E-state index contributed by atoms with van der Waals surface area (Å²) in [4.78, 5) is 0.254. The number of rotatable bonds is 6. The molecule has 1 saturated heterocycles. The van der Waals surface area contributed by atoms with Gasteiger partial charge in [-0.1, -0.05) is 20.3 Å². The molecule has 2 rings (SSSR count). The summed E-state index contributed by atoms with van der Waals surface area (Å²) in [5.41, 5.74) is 0. The number of piperidine rings is 1. The third-order valence-corrected chi connectivity index (χ3v) is 5.76. The first-order valence-corrected chi connectivity index (χ1v) is 9.24. The van der Waals surface area contributed by atoms with Gasteiger partial charge in [-0.05, 0) is 43.0 Å². The summed E-state index contributed by atoms with van der Waals surface area (Å²) in [6.07, 6.45) is 2.51. The van der Waals surface area contributed by atoms with E-state index in [0.717, 1.165) is 12.8 Å². The Hall–Kier alpha value is -1.11. The van der Waals surface area contributed by atoms with Crippen molar-refractivity contribution >= 4 is 10.0 Å². The number of benzene rings is 1. The molecule has 5 nitrogen and oxygen atoms in total. The molecule has 22 heavy (non-hydrogen) atoms. The molecule has 124 valence electrons. The Kier molecular flexibility index (Phi) is 5.83. The molecule has 1 aliphatic rings. The molecule has 0 aromatic heterocycles. The zero-order valence-corrected chi connectivity index (χ0v) is 14.1. The summed E-state index contributed by atoms with van der Waals surface area (Å²) >= 11 is 0. The highest BCUT2D eigenvalue weighted by molar-refractivity contribution is 7.89. The Bertz CT molecular complexity index is 568. The zero-order chi connectivity index (χ0) is 16.2. The second-order valence-electron chi connectivity index (χ2n) is 6.12. The normalized spacial score (nSPS) is 20.3. The summed E-state index contributed by atoms with van der Waals surface area (Å²) in [5.74, 6) is 1.09. The van der Waals surface area contributed by atoms with Crippen molar-refractivity contribution in [2.45, 2.75) is 44.0 Å². The van der Waals surface area contributed by atoms with Crippen molar-refractivity contribution in [2.75, 3.05) is 19.8 Å². The summed E-state index contributed by atoms with van der Waals surface area (Å²) < 4.78 is 32.4. The molecule has 6 heteroatoms. The minimum absolute atomic E-state index is 0.130. The van der Waals surface area contributed by atoms with Crippen molar-refractivity contribution < 1.29 is 18.3 Å². The lowest BCUT2D eigenvalue weighted by molar-refractivity contribution is 0.155. The van der Waals surface area contributed by atoms with Crippen LogP contribution in [0.25, 0.3) is 0 Å². The lowest BCUT2D eigenvalue weighted by Crippen LogP contribution is -2.45. The maximum Gasteiger partial charge on any atom is 0.243 e. The highest BCUT2D eigenvalue weighted by Crippen LogP contribution is 2.26. The van der Waals surface area contributed by atoms with Gasteiger partial charge in [-0.15, -0.1) is 0 Å². The Morgan fingerprint density at radius 1 is 1.27 bits per heavy atom. The molecule has 0 bridgehead atoms. The van der Waals surface area contributed by atoms with Crippen LogP contribution >= 0.6 is 0 Å². The molecule has 1 fully saturated rings. The Labute approximate surface area is 133 Å². The first-order chi connectivity index (χ1) is 10.4. The van der Waals surface area contributed by atoms with Gasteiger partial charge in [-0.25, -0.2) is 8.42 Å². The molecule has 1 aliphatic heterocycles. The van der Waals surface area contributed by atoms with Gasteiger partial charge >= 0.3 is 0 Å². The van der Waals surface area contributed by atoms with Gasteiger partial charge in [0.25, 0.3) is 0 Å². The second-order valence-corrected chi connectivity index (χ2v) is 8.01. The fourth-order valence-corrected chi connectivity index (χ4v) is 4.26. The van der Waals surface area contributed by atoms with E-state index in [-0.39, 0.29) is 17.5 Å². The SMILES string of the molecule is CC(C)COc1ccc(S(=O)(=O)N2CCCC[C@@H]2CO)cc1. The highest BCUT2D eigenvalue weighted by atomic mass is 32.2. The Morgan fingerprint density at radius 3 is 2.55 bits per heavy atom. The van der Waals surface area contributed by atoms with Gasteiger partial charge in [0, 0.05) is 12.6 Å². The van der Waals surface area contributed by atoms with Gasteiger partial charge in [0.2, 0.25) is 10.0 Å². The van der Waals surface area contributed by atoms with Crippen LogP contribution in [0.4, 0.5) is 0 Å². The average molecular weight is 327 g/mol. The average Bonchev–Trinajstić information content (AvgIpc) is 2.53. The van der Waals surface area contributed by atoms with Gasteiger partial charge in [0.05, 0.1) is 18.1 Å². The van der Waals surface area contributed by atoms with Crippen molar-refractivity contribution in [1.29, 1.82) is 0 Å². The van der Waals surface area contributed by atoms with E-state index in [2.05, 4.69) is 13.8 Å². The number of hydrogen-bond donors (Lipinski definition) is 1. The number of aliphatic hydroxyl groups excluding tert-OH is 1. The van der Waals surface area contributed by atoms with Crippen LogP contribution in [-0.2, 0) is 10.0 Å². The van der Waals surface area contributed by atoms with E-state index in [4.69, 9.17) is 4.74 Å². The van der Waals surface area contributed by atoms with Crippen molar-refractivity contribution in [3.63, 3.8) is 0 Å². The molecule has 0 radical (unpaired) electrons. The molecule has 0 unspecified atom stereocenters. The van der Waals surface area contributed by atoms with E-state index in [0.29, 0.717) is 31.2 Å². The number of sulfonamides is 1. The number of nitrogens with zero attached hydrogens (tertiary/aromatic N) is 1. The summed E-state index contributed by atoms with van der Waals surface area (Å²) in [6, 6.07) is 6.22. The van der Waals surface area contributed by atoms with E-state index < -0.39 is 10.0 Å². The first kappa shape index (κ1) is 17.2. The summed E-state index contributed by atoms with van der Waals surface area (Å²) in [5, 5.41) is 9.41. The maximum atomic E-state index is 12.7. The Morgan fingerprint density at radius 2 is 1.95 bits per heavy atom. The van der Waals surface area contributed by atoms with Gasteiger partial charge in [-0.2, -0.15) is 4.31 Å². The minimum Gasteiger partial charge on any atom is -0.493 e. The minimum atomic E-state index is -3.55. The van der Waals surface area contributed by atoms with E-state index in [1.807, 2.05) is 0 Å². The predicted octanol–water partition coefficient (Wildman–Crippen LogP) is 2.26. The monoisotopic (exact) mass is 327 g/mol. The van der Waals surface area contributed by atoms with Crippen LogP contribution in [0.15, 0.2) is 29.2 Å². The van der Waals surface area contributed by atoms with E-state index in [1.165, 1.54) is 4.31 Å². The van der Waals surface area contributed by atoms with Gasteiger partial charge < -0.3 is 9.84 Å². The van der Waals surface area contributed by atoms with Crippen molar-refractivity contribution in [3.05, 3.63) is 24.3 Å². The second kappa shape index (κ2) is 7.44. The van der Waals surface area contributed by atoms with Crippen LogP contribution in [0.3, 0.4) is 0 Å². The standard InChI is InChI=1S/C16H25NO4S/c1-13(2)12-21-15-6-8-16(9-7-15)22(19,20)17-10-4-3-5-14(17)11-18/h6-9,13-14,18H,3-5,10-12H2,1-2H3/t14-/m1/s1. The quantitative estimate of drug-likeness (QED) is 0.870. The molecule has 1 aromatic rings. The number of aliphatic hydroxyl groups is 1. The number of ether oxygens (including phenoxy) is 1. The molecular weight excluding hydrogens is 302 g/mol. The van der Waals surface area contributed by atoms with Crippen molar-refractivity contribution in [3.8, 4) is 5.75 Å². The molecule has 0 aliphatic carbocycles. The van der Waals surface area contributed by atoms with Gasteiger partial charge in [-0.3, -0.25) is 0 Å². The molecule has 0 spiro atoms. The van der Waals surface area contributed by atoms with Gasteiger partial charge in [0.1, 0.15) is 5.75 Å². The molecule has 0 saturated carbocycles. The van der Waals surface area contributed by atoms with Crippen LogP contribution in [0, 0.1) is 5.92 Å². The molecule has 1 atom stereocenters. The summed E-state index contributed by atoms with van der Waals surface area (Å²) in [6.45, 7) is 5.06. The van der Waals surface area contributed by atoms with Gasteiger partial charge in [0.15, 0.2) is 0 Å². The van der Waals surface area contributed by atoms with E-state index in [9.17, 15) is 13.5 Å². The third kappa shape index (κ3) is 4.00. The third-order valence-electron chi connectivity index (χ3n) is 3.80. The fraction of sp³-hybridized carbons (Fsp3) is 0.625. The highest BCUT2D eigenvalue weighted by Gasteiger charge is 2.32. The smallest absolute Gasteiger partial charge is 0.243 e. The van der Waals surface area contributed by atoms with E-state index in [1.54, 1.807) is 24.3 Å². The van der Waals surface area contributed by atoms with Crippen LogP contribution in [-0.4, -0.2) is 43.6 Å². The molecule has 1 heterocycles. The zero-order valence-electron chi connectivity index (χ0n) is 13.2. The lowest BCUT2D eigenvalue weighted by atomic mass is 10.1. The first-order valence-electron chi connectivity index (χ1n) is 7.80. The number of hydrogen-bond acceptors (Lipinski definition) is 4. The fourth-order valence-electron chi connectivity index (χ4n) is 2.58. The van der Waals surface area contributed by atoms with Crippen LogP contribution in [0.2, 0.25) is 0 Å². The molecule has 1 aromatic carbocycles.